The van der Waals surface area contributed by atoms with E-state index in [0.29, 0.717) is 43.4 Å². The summed E-state index contributed by atoms with van der Waals surface area (Å²) in [4.78, 5) is 22.8. The van der Waals surface area contributed by atoms with Crippen molar-refractivity contribution in [2.75, 3.05) is 38.7 Å². The van der Waals surface area contributed by atoms with E-state index in [1.165, 1.54) is 0 Å². The van der Waals surface area contributed by atoms with E-state index in [2.05, 4.69) is 16.0 Å². The molecule has 0 aromatic heterocycles. The number of carbonyl (C=O) groups excluding carboxylic acids is 2. The van der Waals surface area contributed by atoms with Crippen molar-refractivity contribution in [3.8, 4) is 11.5 Å². The van der Waals surface area contributed by atoms with Gasteiger partial charge in [-0.25, -0.2) is 0 Å². The predicted molar refractivity (Wildman–Crippen MR) is 77.6 cm³/mol. The van der Waals surface area contributed by atoms with Crippen LogP contribution < -0.4 is 25.4 Å². The Morgan fingerprint density at radius 2 is 1.90 bits per heavy atom. The van der Waals surface area contributed by atoms with Gasteiger partial charge in [-0.3, -0.25) is 9.59 Å². The largest absolute Gasteiger partial charge is 0.486 e. The Hall–Kier alpha value is -2.28. The van der Waals surface area contributed by atoms with Gasteiger partial charge in [-0.15, -0.1) is 0 Å². The highest BCUT2D eigenvalue weighted by Crippen LogP contribution is 2.32. The Morgan fingerprint density at radius 3 is 2.67 bits per heavy atom. The maximum absolute atomic E-state index is 11.7. The van der Waals surface area contributed by atoms with Crippen LogP contribution in [0.2, 0.25) is 0 Å². The van der Waals surface area contributed by atoms with Gasteiger partial charge in [0.25, 0.3) is 0 Å². The van der Waals surface area contributed by atoms with Gasteiger partial charge < -0.3 is 25.4 Å². The summed E-state index contributed by atoms with van der Waals surface area (Å²) in [5.74, 6) is 1.08. The van der Waals surface area contributed by atoms with E-state index < -0.39 is 0 Å². The molecule has 1 aliphatic heterocycles. The average Bonchev–Trinajstić information content (AvgIpc) is 2.51. The van der Waals surface area contributed by atoms with E-state index in [0.717, 1.165) is 0 Å². The van der Waals surface area contributed by atoms with Crippen LogP contribution in [0.4, 0.5) is 5.69 Å². The summed E-state index contributed by atoms with van der Waals surface area (Å²) in [5.41, 5.74) is 0.650. The summed E-state index contributed by atoms with van der Waals surface area (Å²) in [6, 6.07) is 5.26. The lowest BCUT2D eigenvalue weighted by Crippen LogP contribution is -2.31. The van der Waals surface area contributed by atoms with Crippen molar-refractivity contribution >= 4 is 17.5 Å². The van der Waals surface area contributed by atoms with Gasteiger partial charge in [0, 0.05) is 31.8 Å². The number of anilines is 1. The van der Waals surface area contributed by atoms with Gasteiger partial charge in [0.05, 0.1) is 6.54 Å². The van der Waals surface area contributed by atoms with Gasteiger partial charge in [0.1, 0.15) is 13.2 Å². The predicted octanol–water partition coefficient (Wildman–Crippen LogP) is 0.122. The van der Waals surface area contributed by atoms with Gasteiger partial charge in [-0.05, 0) is 12.1 Å². The van der Waals surface area contributed by atoms with E-state index in [9.17, 15) is 9.59 Å². The summed E-state index contributed by atoms with van der Waals surface area (Å²) >= 11 is 0. The third-order valence-corrected chi connectivity index (χ3v) is 2.92. The molecule has 1 heterocycles. The maximum atomic E-state index is 11.7. The molecule has 1 aromatic carbocycles. The molecule has 0 unspecified atom stereocenters. The van der Waals surface area contributed by atoms with E-state index >= 15 is 0 Å². The van der Waals surface area contributed by atoms with Crippen LogP contribution in [0.1, 0.15) is 6.42 Å². The summed E-state index contributed by atoms with van der Waals surface area (Å²) in [6.07, 6.45) is 0.341. The summed E-state index contributed by atoms with van der Waals surface area (Å²) < 4.78 is 10.9. The molecule has 0 fully saturated rings. The number of hydrogen-bond acceptors (Lipinski definition) is 5. The number of benzene rings is 1. The summed E-state index contributed by atoms with van der Waals surface area (Å²) in [7, 11) is 1.58. The molecule has 2 amide bonds. The maximum Gasteiger partial charge on any atom is 0.238 e. The second-order valence-corrected chi connectivity index (χ2v) is 4.51. The number of ether oxygens (including phenoxy) is 2. The Balaban J connectivity index is 1.76. The van der Waals surface area contributed by atoms with E-state index in [1.807, 2.05) is 0 Å². The fourth-order valence-corrected chi connectivity index (χ4v) is 1.86. The Morgan fingerprint density at radius 1 is 1.14 bits per heavy atom. The second kappa shape index (κ2) is 7.49. The quantitative estimate of drug-likeness (QED) is 0.648. The first-order valence-corrected chi connectivity index (χ1v) is 6.80. The fraction of sp³-hybridized carbons (Fsp3) is 0.429. The van der Waals surface area contributed by atoms with Crippen LogP contribution in [0.15, 0.2) is 18.2 Å². The molecule has 0 bridgehead atoms. The van der Waals surface area contributed by atoms with Gasteiger partial charge >= 0.3 is 0 Å². The lowest BCUT2D eigenvalue weighted by Gasteiger charge is -2.19. The molecule has 0 spiro atoms. The van der Waals surface area contributed by atoms with E-state index in [1.54, 1.807) is 25.2 Å². The van der Waals surface area contributed by atoms with Crippen molar-refractivity contribution < 1.29 is 19.1 Å². The molecule has 0 atom stereocenters. The third-order valence-electron chi connectivity index (χ3n) is 2.92. The second-order valence-electron chi connectivity index (χ2n) is 4.51. The molecule has 7 nitrogen and oxygen atoms in total. The van der Waals surface area contributed by atoms with Gasteiger partial charge in [0.2, 0.25) is 11.8 Å². The van der Waals surface area contributed by atoms with Gasteiger partial charge in [0.15, 0.2) is 11.5 Å². The summed E-state index contributed by atoms with van der Waals surface area (Å²) in [6.45, 7) is 1.64. The standard InChI is InChI=1S/C14H19N3O4/c1-15-13(18)4-5-16-9-14(19)17-10-2-3-11-12(8-10)21-7-6-20-11/h2-3,8,16H,4-7,9H2,1H3,(H,15,18)(H,17,19). The van der Waals surface area contributed by atoms with E-state index in [4.69, 9.17) is 9.47 Å². The SMILES string of the molecule is CNC(=O)CCNCC(=O)Nc1ccc2c(c1)OCCO2. The monoisotopic (exact) mass is 293 g/mol. The van der Waals surface area contributed by atoms with Crippen LogP contribution in [-0.4, -0.2) is 45.2 Å². The Labute approximate surface area is 123 Å². The minimum absolute atomic E-state index is 0.0604. The molecule has 3 N–H and O–H groups in total. The molecule has 2 rings (SSSR count). The lowest BCUT2D eigenvalue weighted by molar-refractivity contribution is -0.121. The molecule has 7 heteroatoms. The molecule has 1 aromatic rings. The van der Waals surface area contributed by atoms with E-state index in [-0.39, 0.29) is 18.4 Å². The number of fused-ring (bicyclic) bond motifs is 1. The number of hydrogen-bond donors (Lipinski definition) is 3. The third kappa shape index (κ3) is 4.64. The average molecular weight is 293 g/mol. The lowest BCUT2D eigenvalue weighted by atomic mass is 10.2. The number of nitrogens with one attached hydrogen (secondary N) is 3. The topological polar surface area (TPSA) is 88.7 Å². The van der Waals surface area contributed by atoms with Crippen LogP contribution in [0.5, 0.6) is 11.5 Å². The van der Waals surface area contributed by atoms with Crippen LogP contribution >= 0.6 is 0 Å². The molecular weight excluding hydrogens is 274 g/mol. The number of amides is 2. The van der Waals surface area contributed by atoms with Crippen LogP contribution in [-0.2, 0) is 9.59 Å². The van der Waals surface area contributed by atoms with Crippen molar-refractivity contribution in [2.45, 2.75) is 6.42 Å². The van der Waals surface area contributed by atoms with Crippen molar-refractivity contribution in [1.29, 1.82) is 0 Å². The first-order valence-electron chi connectivity index (χ1n) is 6.80. The highest BCUT2D eigenvalue weighted by atomic mass is 16.6. The van der Waals surface area contributed by atoms with Crippen molar-refractivity contribution in [2.24, 2.45) is 0 Å². The fourth-order valence-electron chi connectivity index (χ4n) is 1.86. The molecular formula is C14H19N3O4. The van der Waals surface area contributed by atoms with Crippen LogP contribution in [0, 0.1) is 0 Å². The zero-order valence-corrected chi connectivity index (χ0v) is 11.9. The van der Waals surface area contributed by atoms with Crippen molar-refractivity contribution in [1.82, 2.24) is 10.6 Å². The molecule has 0 saturated heterocycles. The Bertz CT molecular complexity index is 519. The Kier molecular flexibility index (Phi) is 5.39. The van der Waals surface area contributed by atoms with Crippen LogP contribution in [0.3, 0.4) is 0 Å². The molecule has 114 valence electrons. The smallest absolute Gasteiger partial charge is 0.238 e. The zero-order chi connectivity index (χ0) is 15.1. The summed E-state index contributed by atoms with van der Waals surface area (Å²) in [5, 5.41) is 8.18. The normalized spacial score (nSPS) is 12.6. The minimum atomic E-state index is -0.177. The molecule has 0 aliphatic carbocycles. The molecule has 1 aliphatic rings. The number of carbonyl (C=O) groups is 2. The first kappa shape index (κ1) is 15.1. The molecule has 21 heavy (non-hydrogen) atoms. The van der Waals surface area contributed by atoms with Crippen molar-refractivity contribution in [3.63, 3.8) is 0 Å². The van der Waals surface area contributed by atoms with Gasteiger partial charge in [-0.1, -0.05) is 0 Å². The zero-order valence-electron chi connectivity index (χ0n) is 11.9. The first-order chi connectivity index (χ1) is 10.2. The minimum Gasteiger partial charge on any atom is -0.486 e. The molecule has 0 radical (unpaired) electrons. The highest BCUT2D eigenvalue weighted by Gasteiger charge is 2.12. The van der Waals surface area contributed by atoms with Crippen LogP contribution in [0.25, 0.3) is 0 Å². The van der Waals surface area contributed by atoms with Gasteiger partial charge in [-0.2, -0.15) is 0 Å². The number of rotatable bonds is 6. The molecule has 0 saturated carbocycles. The highest BCUT2D eigenvalue weighted by molar-refractivity contribution is 5.92. The van der Waals surface area contributed by atoms with Crippen molar-refractivity contribution in [3.05, 3.63) is 18.2 Å².